The Kier molecular flexibility index (Phi) is 10.6. The number of hydrogen-bond acceptors (Lipinski definition) is 9. The number of aromatic amines is 1. The highest BCUT2D eigenvalue weighted by atomic mass is 35.5. The summed E-state index contributed by atoms with van der Waals surface area (Å²) < 4.78 is 10.5. The molecule has 3 aromatic rings. The lowest BCUT2D eigenvalue weighted by molar-refractivity contribution is -0.115. The van der Waals surface area contributed by atoms with Gasteiger partial charge in [0, 0.05) is 10.4 Å². The van der Waals surface area contributed by atoms with E-state index in [0.29, 0.717) is 28.3 Å². The third kappa shape index (κ3) is 6.64. The monoisotopic (exact) mass is 588 g/mol. The van der Waals surface area contributed by atoms with Gasteiger partial charge in [-0.25, -0.2) is 9.78 Å². The number of thiophene rings is 1. The van der Waals surface area contributed by atoms with Gasteiger partial charge in [-0.3, -0.25) is 9.59 Å². The summed E-state index contributed by atoms with van der Waals surface area (Å²) in [4.78, 5) is 47.1. The van der Waals surface area contributed by atoms with E-state index in [-0.39, 0.29) is 41.3 Å². The van der Waals surface area contributed by atoms with Crippen molar-refractivity contribution >= 4 is 52.4 Å². The second kappa shape index (κ2) is 13.6. The van der Waals surface area contributed by atoms with E-state index in [1.54, 1.807) is 38.3 Å². The van der Waals surface area contributed by atoms with Crippen LogP contribution in [0.4, 0.5) is 5.00 Å². The Labute approximate surface area is 240 Å². The number of aryl methyl sites for hydroxylation is 1. The Morgan fingerprint density at radius 2 is 1.95 bits per heavy atom. The van der Waals surface area contributed by atoms with Crippen LogP contribution in [0.5, 0.6) is 5.75 Å². The third-order valence-corrected chi connectivity index (χ3v) is 8.63. The Morgan fingerprint density at radius 1 is 1.23 bits per heavy atom. The molecule has 0 bridgehead atoms. The van der Waals surface area contributed by atoms with Crippen LogP contribution in [0.25, 0.3) is 11.3 Å². The average molecular weight is 589 g/mol. The number of anilines is 1. The summed E-state index contributed by atoms with van der Waals surface area (Å²) in [7, 11) is 1.55. The molecule has 1 aliphatic rings. The lowest BCUT2D eigenvalue weighted by atomic mass is 9.95. The molecule has 2 aromatic heterocycles. The predicted octanol–water partition coefficient (Wildman–Crippen LogP) is 5.37. The summed E-state index contributed by atoms with van der Waals surface area (Å²) in [6.07, 6.45) is 4.14. The Morgan fingerprint density at radius 3 is 2.59 bits per heavy atom. The maximum Gasteiger partial charge on any atom is 0.341 e. The van der Waals surface area contributed by atoms with Crippen LogP contribution in [0, 0.1) is 11.3 Å². The fourth-order valence-corrected chi connectivity index (χ4v) is 6.47. The zero-order chi connectivity index (χ0) is 27.2. The number of carbonyl (C=O) groups is 2. The SMILES string of the molecule is CCOC(=O)c1c(NC(=O)C(CC)Sc2nc(-c3ccc(OC)cc3)c(C#N)c(=O)[nH]2)sc2c1CCCC2.Cl. The molecule has 206 valence electrons. The predicted molar refractivity (Wildman–Crippen MR) is 154 cm³/mol. The lowest BCUT2D eigenvalue weighted by Gasteiger charge is -2.15. The molecule has 1 atom stereocenters. The molecule has 0 saturated heterocycles. The number of nitrogens with zero attached hydrogens (tertiary/aromatic N) is 2. The summed E-state index contributed by atoms with van der Waals surface area (Å²) >= 11 is 2.53. The van der Waals surface area contributed by atoms with Crippen molar-refractivity contribution in [2.24, 2.45) is 0 Å². The van der Waals surface area contributed by atoms with Gasteiger partial charge in [-0.1, -0.05) is 18.7 Å². The fraction of sp³-hybridized carbons (Fsp3) is 0.370. The normalized spacial score (nSPS) is 12.9. The van der Waals surface area contributed by atoms with Crippen LogP contribution in [-0.4, -0.2) is 40.8 Å². The molecule has 9 nitrogen and oxygen atoms in total. The maximum atomic E-state index is 13.4. The second-order valence-electron chi connectivity index (χ2n) is 8.57. The molecule has 0 aliphatic heterocycles. The summed E-state index contributed by atoms with van der Waals surface area (Å²) in [5.74, 6) is -0.100. The van der Waals surface area contributed by atoms with Crippen molar-refractivity contribution in [1.29, 1.82) is 5.26 Å². The van der Waals surface area contributed by atoms with Gasteiger partial charge in [-0.2, -0.15) is 5.26 Å². The molecule has 1 aliphatic carbocycles. The van der Waals surface area contributed by atoms with Crippen molar-refractivity contribution in [3.8, 4) is 23.1 Å². The van der Waals surface area contributed by atoms with Gasteiger partial charge in [-0.05, 0) is 68.9 Å². The van der Waals surface area contributed by atoms with Gasteiger partial charge in [0.05, 0.1) is 30.2 Å². The lowest BCUT2D eigenvalue weighted by Crippen LogP contribution is -2.26. The van der Waals surface area contributed by atoms with E-state index in [2.05, 4.69) is 15.3 Å². The van der Waals surface area contributed by atoms with E-state index in [4.69, 9.17) is 9.47 Å². The minimum atomic E-state index is -0.607. The number of esters is 1. The first-order valence-corrected chi connectivity index (χ1v) is 14.1. The number of hydrogen-bond donors (Lipinski definition) is 2. The molecule has 0 spiro atoms. The molecule has 1 aromatic carbocycles. The third-order valence-electron chi connectivity index (χ3n) is 6.18. The zero-order valence-electron chi connectivity index (χ0n) is 21.8. The first-order chi connectivity index (χ1) is 18.4. The van der Waals surface area contributed by atoms with Gasteiger partial charge < -0.3 is 19.8 Å². The number of methoxy groups -OCH3 is 1. The number of amides is 1. The minimum absolute atomic E-state index is 0. The second-order valence-corrected chi connectivity index (χ2v) is 10.9. The van der Waals surface area contributed by atoms with Crippen LogP contribution in [0.2, 0.25) is 0 Å². The summed E-state index contributed by atoms with van der Waals surface area (Å²) in [5.41, 5.74) is 1.54. The molecule has 1 unspecified atom stereocenters. The standard InChI is InChI=1S/C27H28N4O5S2.ClH/c1-4-19(24(33)30-25-21(26(34)36-5-2)17-8-6-7-9-20(17)37-25)38-27-29-22(18(14-28)23(32)31-27)15-10-12-16(35-3)13-11-15;/h10-13,19H,4-9H2,1-3H3,(H,30,33)(H,29,31,32);1H. The van der Waals surface area contributed by atoms with Crippen LogP contribution >= 0.6 is 35.5 Å². The van der Waals surface area contributed by atoms with Crippen LogP contribution in [0.1, 0.15) is 59.5 Å². The highest BCUT2D eigenvalue weighted by Gasteiger charge is 2.29. The number of nitrogens with one attached hydrogen (secondary N) is 2. The number of ether oxygens (including phenoxy) is 2. The number of halogens is 1. The van der Waals surface area contributed by atoms with E-state index in [1.807, 2.05) is 13.0 Å². The number of benzene rings is 1. The van der Waals surface area contributed by atoms with Crippen LogP contribution in [0.15, 0.2) is 34.2 Å². The van der Waals surface area contributed by atoms with Crippen molar-refractivity contribution in [3.63, 3.8) is 0 Å². The Hall–Kier alpha value is -3.33. The molecule has 0 saturated carbocycles. The average Bonchev–Trinajstić information content (AvgIpc) is 3.29. The van der Waals surface area contributed by atoms with Crippen LogP contribution in [0.3, 0.4) is 0 Å². The number of fused-ring (bicyclic) bond motifs is 1. The Bertz CT molecular complexity index is 1450. The molecule has 0 radical (unpaired) electrons. The molecule has 2 heterocycles. The summed E-state index contributed by atoms with van der Waals surface area (Å²) in [6.45, 7) is 3.86. The number of H-pyrrole nitrogens is 1. The molecular weight excluding hydrogens is 560 g/mol. The first kappa shape index (κ1) is 30.2. The van der Waals surface area contributed by atoms with Crippen molar-refractivity contribution in [1.82, 2.24) is 9.97 Å². The minimum Gasteiger partial charge on any atom is -0.497 e. The number of carbonyl (C=O) groups excluding carboxylic acids is 2. The molecule has 39 heavy (non-hydrogen) atoms. The number of thioether (sulfide) groups is 1. The van der Waals surface area contributed by atoms with Crippen molar-refractivity contribution < 1.29 is 19.1 Å². The fourth-order valence-electron chi connectivity index (χ4n) is 4.29. The molecule has 4 rings (SSSR count). The van der Waals surface area contributed by atoms with Crippen molar-refractivity contribution in [3.05, 3.63) is 56.2 Å². The first-order valence-electron chi connectivity index (χ1n) is 12.4. The number of rotatable bonds is 9. The van der Waals surface area contributed by atoms with Crippen molar-refractivity contribution in [2.75, 3.05) is 19.0 Å². The van der Waals surface area contributed by atoms with Crippen LogP contribution < -0.4 is 15.6 Å². The van der Waals surface area contributed by atoms with Gasteiger partial charge in [0.15, 0.2) is 5.16 Å². The van der Waals surface area contributed by atoms with Crippen molar-refractivity contribution in [2.45, 2.75) is 56.4 Å². The summed E-state index contributed by atoms with van der Waals surface area (Å²) in [6, 6.07) is 8.80. The molecule has 0 fully saturated rings. The van der Waals surface area contributed by atoms with Gasteiger partial charge >= 0.3 is 5.97 Å². The summed E-state index contributed by atoms with van der Waals surface area (Å²) in [5, 5.41) is 12.6. The number of nitriles is 1. The molecule has 2 N–H and O–H groups in total. The molecule has 1 amide bonds. The van der Waals surface area contributed by atoms with E-state index in [9.17, 15) is 19.6 Å². The Balaban J connectivity index is 0.00000420. The highest BCUT2D eigenvalue weighted by Crippen LogP contribution is 2.39. The van der Waals surface area contributed by atoms with E-state index in [1.165, 1.54) is 11.3 Å². The molecular formula is C27H29ClN4O5S2. The number of aromatic nitrogens is 2. The van der Waals surface area contributed by atoms with Gasteiger partial charge in [0.1, 0.15) is 22.4 Å². The quantitative estimate of drug-likeness (QED) is 0.194. The van der Waals surface area contributed by atoms with Crippen LogP contribution in [-0.2, 0) is 22.4 Å². The topological polar surface area (TPSA) is 134 Å². The maximum absolute atomic E-state index is 13.4. The van der Waals surface area contributed by atoms with E-state index in [0.717, 1.165) is 47.9 Å². The van der Waals surface area contributed by atoms with Gasteiger partial charge in [0.25, 0.3) is 5.56 Å². The molecule has 12 heteroatoms. The van der Waals surface area contributed by atoms with E-state index >= 15 is 0 Å². The highest BCUT2D eigenvalue weighted by molar-refractivity contribution is 8.00. The smallest absolute Gasteiger partial charge is 0.341 e. The van der Waals surface area contributed by atoms with Gasteiger partial charge in [-0.15, -0.1) is 23.7 Å². The van der Waals surface area contributed by atoms with Gasteiger partial charge in [0.2, 0.25) is 5.91 Å². The largest absolute Gasteiger partial charge is 0.497 e. The zero-order valence-corrected chi connectivity index (χ0v) is 24.2. The van der Waals surface area contributed by atoms with E-state index < -0.39 is 16.8 Å².